The molecule has 0 N–H and O–H groups in total. The number of fused-ring (bicyclic) bond motifs is 4. The number of ether oxygens (including phenoxy) is 2. The van der Waals surface area contributed by atoms with Gasteiger partial charge in [-0.1, -0.05) is 6.07 Å². The molecule has 3 aromatic carbocycles. The minimum absolute atomic E-state index is 0.0409. The molecule has 0 radical (unpaired) electrons. The van der Waals surface area contributed by atoms with Gasteiger partial charge in [-0.05, 0) is 53.6 Å². The van der Waals surface area contributed by atoms with E-state index < -0.39 is 35.1 Å². The van der Waals surface area contributed by atoms with Gasteiger partial charge in [0.1, 0.15) is 11.5 Å². The molecule has 7 nitrogen and oxygen atoms in total. The highest BCUT2D eigenvalue weighted by molar-refractivity contribution is 6.15. The first-order valence-electron chi connectivity index (χ1n) is 11.3. The van der Waals surface area contributed by atoms with Crippen LogP contribution in [0.1, 0.15) is 39.4 Å². The summed E-state index contributed by atoms with van der Waals surface area (Å²) in [5, 5.41) is 0. The lowest BCUT2D eigenvalue weighted by Crippen LogP contribution is -2.21. The van der Waals surface area contributed by atoms with Crippen LogP contribution in [-0.2, 0) is 18.9 Å². The number of allylic oxidation sites excluding steroid dienone is 1. The fourth-order valence-electron chi connectivity index (χ4n) is 4.94. The topological polar surface area (TPSA) is 79.5 Å². The number of aromatic nitrogens is 2. The Morgan fingerprint density at radius 1 is 0.892 bits per heavy atom. The van der Waals surface area contributed by atoms with Crippen LogP contribution in [-0.4, -0.2) is 20.9 Å². The first-order valence-corrected chi connectivity index (χ1v) is 11.3. The highest BCUT2D eigenvalue weighted by atomic mass is 19.2. The molecule has 0 amide bonds. The first-order chi connectivity index (χ1) is 17.6. The van der Waals surface area contributed by atoms with Gasteiger partial charge in [-0.25, -0.2) is 18.0 Å². The van der Waals surface area contributed by atoms with E-state index in [1.54, 1.807) is 32.3 Å². The van der Waals surface area contributed by atoms with Crippen molar-refractivity contribution < 1.29 is 32.2 Å². The van der Waals surface area contributed by atoms with Gasteiger partial charge in [0.05, 0.1) is 23.0 Å². The van der Waals surface area contributed by atoms with E-state index in [0.29, 0.717) is 22.2 Å². The van der Waals surface area contributed by atoms with Crippen LogP contribution in [0.3, 0.4) is 0 Å². The van der Waals surface area contributed by atoms with Gasteiger partial charge in [-0.3, -0.25) is 18.7 Å². The van der Waals surface area contributed by atoms with Gasteiger partial charge >= 0.3 is 11.7 Å². The normalized spacial score (nSPS) is 17.6. The largest absolute Gasteiger partial charge is 0.452 e. The number of rotatable bonds is 2. The molecule has 37 heavy (non-hydrogen) atoms. The number of ketones is 1. The van der Waals surface area contributed by atoms with E-state index in [-0.39, 0.29) is 40.5 Å². The number of esters is 1. The quantitative estimate of drug-likeness (QED) is 0.175. The third-order valence-electron chi connectivity index (χ3n) is 6.78. The molecule has 0 saturated heterocycles. The van der Waals surface area contributed by atoms with Crippen molar-refractivity contribution in [2.24, 2.45) is 14.1 Å². The van der Waals surface area contributed by atoms with Gasteiger partial charge in [0.2, 0.25) is 5.78 Å². The molecule has 4 aromatic rings. The van der Waals surface area contributed by atoms with Crippen molar-refractivity contribution >= 4 is 28.9 Å². The van der Waals surface area contributed by atoms with E-state index >= 15 is 0 Å². The second-order valence-electron chi connectivity index (χ2n) is 8.97. The van der Waals surface area contributed by atoms with Crippen molar-refractivity contribution in [2.75, 3.05) is 0 Å². The third-order valence-corrected chi connectivity index (χ3v) is 6.78. The molecule has 0 aliphatic carbocycles. The molecule has 0 unspecified atom stereocenters. The Labute approximate surface area is 207 Å². The molecule has 186 valence electrons. The van der Waals surface area contributed by atoms with E-state index in [0.717, 1.165) is 18.2 Å². The maximum absolute atomic E-state index is 13.7. The molecule has 1 atom stereocenters. The maximum Gasteiger partial charge on any atom is 0.328 e. The number of halogens is 3. The lowest BCUT2D eigenvalue weighted by Gasteiger charge is -2.26. The minimum atomic E-state index is -1.62. The van der Waals surface area contributed by atoms with Crippen molar-refractivity contribution in [3.8, 4) is 11.5 Å². The number of nitrogens with zero attached hydrogens (tertiary/aromatic N) is 2. The second kappa shape index (κ2) is 7.95. The average Bonchev–Trinajstić information content (AvgIpc) is 3.30. The summed E-state index contributed by atoms with van der Waals surface area (Å²) in [5.74, 6) is -5.82. The fourth-order valence-corrected chi connectivity index (χ4v) is 4.94. The van der Waals surface area contributed by atoms with Crippen LogP contribution < -0.4 is 15.2 Å². The molecule has 2 aliphatic rings. The average molecular weight is 506 g/mol. The predicted molar refractivity (Wildman–Crippen MR) is 126 cm³/mol. The lowest BCUT2D eigenvalue weighted by molar-refractivity contribution is -0.135. The number of carbonyl (C=O) groups is 2. The molecule has 2 aliphatic heterocycles. The Morgan fingerprint density at radius 3 is 2.32 bits per heavy atom. The standard InChI is InChI=1S/C27H17F3N2O5/c1-31-18-5-3-13(10-19(18)32(2)27(31)35)15-11-22(33)36-20-6-4-14-25(34)21(37-26(14)23(15)20)9-12-7-16(28)24(30)17(29)8-12/h3-10,15H,11H2,1-2H3/b21-9-/t15-/m0/s1. The molecule has 0 fully saturated rings. The van der Waals surface area contributed by atoms with E-state index in [1.165, 1.54) is 21.3 Å². The number of hydrogen-bond acceptors (Lipinski definition) is 5. The highest BCUT2D eigenvalue weighted by Crippen LogP contribution is 2.49. The van der Waals surface area contributed by atoms with Crippen molar-refractivity contribution in [3.05, 3.63) is 98.4 Å². The Hall–Kier alpha value is -4.60. The number of benzene rings is 3. The molecule has 10 heteroatoms. The molecule has 6 rings (SSSR count). The van der Waals surface area contributed by atoms with Crippen LogP contribution in [0.25, 0.3) is 17.1 Å². The summed E-state index contributed by atoms with van der Waals surface area (Å²) in [6.07, 6.45) is 1.08. The van der Waals surface area contributed by atoms with Crippen molar-refractivity contribution in [1.82, 2.24) is 9.13 Å². The van der Waals surface area contributed by atoms with E-state index in [2.05, 4.69) is 0 Å². The maximum atomic E-state index is 13.7. The Balaban J connectivity index is 1.48. The van der Waals surface area contributed by atoms with Crippen LogP contribution in [0.2, 0.25) is 0 Å². The zero-order valence-electron chi connectivity index (χ0n) is 19.5. The monoisotopic (exact) mass is 506 g/mol. The zero-order chi connectivity index (χ0) is 26.2. The van der Waals surface area contributed by atoms with Gasteiger partial charge in [0.25, 0.3) is 0 Å². The van der Waals surface area contributed by atoms with Crippen LogP contribution in [0.15, 0.2) is 53.0 Å². The molecular weight excluding hydrogens is 489 g/mol. The SMILES string of the molecule is Cn1c(=O)n(C)c2cc([C@@H]3CC(=O)Oc4ccc5c(c43)O/C(=C\c3cc(F)c(F)c(F)c3)C5=O)ccc21. The van der Waals surface area contributed by atoms with Crippen molar-refractivity contribution in [1.29, 1.82) is 0 Å². The zero-order valence-corrected chi connectivity index (χ0v) is 19.5. The van der Waals surface area contributed by atoms with Gasteiger partial charge in [-0.15, -0.1) is 0 Å². The summed E-state index contributed by atoms with van der Waals surface area (Å²) in [5.41, 5.74) is 2.43. The molecule has 1 aromatic heterocycles. The number of aryl methyl sites for hydroxylation is 2. The molecule has 0 bridgehead atoms. The van der Waals surface area contributed by atoms with Crippen molar-refractivity contribution in [3.63, 3.8) is 0 Å². The molecular formula is C27H17F3N2O5. The number of imidazole rings is 1. The van der Waals surface area contributed by atoms with Gasteiger partial charge < -0.3 is 9.47 Å². The van der Waals surface area contributed by atoms with Crippen molar-refractivity contribution in [2.45, 2.75) is 12.3 Å². The number of Topliss-reactive ketones (excluding diaryl/α,β-unsaturated/α-hetero) is 1. The summed E-state index contributed by atoms with van der Waals surface area (Å²) in [7, 11) is 3.31. The summed E-state index contributed by atoms with van der Waals surface area (Å²) in [4.78, 5) is 37.9. The predicted octanol–water partition coefficient (Wildman–Crippen LogP) is 4.35. The van der Waals surface area contributed by atoms with Gasteiger partial charge in [-0.2, -0.15) is 0 Å². The Bertz CT molecular complexity index is 1760. The third kappa shape index (κ3) is 3.40. The minimum Gasteiger partial charge on any atom is -0.452 e. The van der Waals surface area contributed by atoms with Crippen LogP contribution in [0.5, 0.6) is 11.5 Å². The van der Waals surface area contributed by atoms with E-state index in [4.69, 9.17) is 9.47 Å². The summed E-state index contributed by atoms with van der Waals surface area (Å²) >= 11 is 0. The smallest absolute Gasteiger partial charge is 0.328 e. The summed E-state index contributed by atoms with van der Waals surface area (Å²) < 4.78 is 55.1. The number of carbonyl (C=O) groups excluding carboxylic acids is 2. The molecule has 0 saturated carbocycles. The second-order valence-corrected chi connectivity index (χ2v) is 8.97. The van der Waals surface area contributed by atoms with Gasteiger partial charge in [0, 0.05) is 25.6 Å². The first kappa shape index (κ1) is 22.8. The fraction of sp³-hybridized carbons (Fsp3) is 0.148. The van der Waals surface area contributed by atoms with Crippen LogP contribution >= 0.6 is 0 Å². The summed E-state index contributed by atoms with van der Waals surface area (Å²) in [6, 6.07) is 9.84. The summed E-state index contributed by atoms with van der Waals surface area (Å²) in [6.45, 7) is 0. The number of hydrogen-bond donors (Lipinski definition) is 0. The lowest BCUT2D eigenvalue weighted by atomic mass is 9.84. The highest BCUT2D eigenvalue weighted by Gasteiger charge is 2.38. The van der Waals surface area contributed by atoms with Crippen LogP contribution in [0, 0.1) is 17.5 Å². The molecule has 3 heterocycles. The Morgan fingerprint density at radius 2 is 1.59 bits per heavy atom. The molecule has 0 spiro atoms. The van der Waals surface area contributed by atoms with E-state index in [9.17, 15) is 27.6 Å². The van der Waals surface area contributed by atoms with Gasteiger partial charge in [0.15, 0.2) is 23.2 Å². The van der Waals surface area contributed by atoms with E-state index in [1.807, 2.05) is 0 Å². The van der Waals surface area contributed by atoms with Crippen LogP contribution in [0.4, 0.5) is 13.2 Å². The Kier molecular flexibility index (Phi) is 4.91.